The third-order valence-electron chi connectivity index (χ3n) is 3.84. The fourth-order valence-electron chi connectivity index (χ4n) is 2.57. The highest BCUT2D eigenvalue weighted by Gasteiger charge is 2.26. The van der Waals surface area contributed by atoms with Gasteiger partial charge in [-0.1, -0.05) is 24.3 Å². The van der Waals surface area contributed by atoms with E-state index in [1.54, 1.807) is 36.3 Å². The van der Waals surface area contributed by atoms with Crippen LogP contribution in [0, 0.1) is 0 Å². The molecule has 7 nitrogen and oxygen atoms in total. The minimum atomic E-state index is -0.494. The summed E-state index contributed by atoms with van der Waals surface area (Å²) >= 11 is 0. The van der Waals surface area contributed by atoms with Crippen LogP contribution in [0.15, 0.2) is 71.9 Å². The van der Waals surface area contributed by atoms with Crippen molar-refractivity contribution in [2.75, 3.05) is 7.11 Å². The Labute approximate surface area is 149 Å². The van der Waals surface area contributed by atoms with Gasteiger partial charge in [-0.3, -0.25) is 0 Å². The van der Waals surface area contributed by atoms with E-state index in [0.29, 0.717) is 11.3 Å². The second kappa shape index (κ2) is 6.64. The van der Waals surface area contributed by atoms with Gasteiger partial charge in [-0.15, -0.1) is 0 Å². The molecule has 0 bridgehead atoms. The number of aliphatic imine (C=N–C) groups is 1. The van der Waals surface area contributed by atoms with E-state index in [-0.39, 0.29) is 11.6 Å². The highest BCUT2D eigenvalue weighted by Crippen LogP contribution is 2.25. The molecule has 0 N–H and O–H groups in total. The largest absolute Gasteiger partial charge is 0.496 e. The molecule has 1 aliphatic heterocycles. The number of ether oxygens (including phenoxy) is 2. The molecule has 4 rings (SSSR count). The predicted molar refractivity (Wildman–Crippen MR) is 95.0 cm³/mol. The molecule has 0 aliphatic carbocycles. The Balaban J connectivity index is 1.63. The van der Waals surface area contributed by atoms with Crippen LogP contribution in [0.4, 0.5) is 0 Å². The van der Waals surface area contributed by atoms with Gasteiger partial charge in [-0.2, -0.15) is 5.10 Å². The molecule has 0 unspecified atom stereocenters. The molecule has 0 saturated heterocycles. The van der Waals surface area contributed by atoms with Crippen molar-refractivity contribution in [2.24, 2.45) is 4.99 Å². The van der Waals surface area contributed by atoms with Crippen LogP contribution in [0.3, 0.4) is 0 Å². The Morgan fingerprint density at radius 2 is 1.92 bits per heavy atom. The number of rotatable bonds is 4. The lowest BCUT2D eigenvalue weighted by molar-refractivity contribution is -0.129. The first-order valence-electron chi connectivity index (χ1n) is 7.85. The number of hydrogen-bond acceptors (Lipinski definition) is 6. The number of cyclic esters (lactones) is 1. The van der Waals surface area contributed by atoms with Crippen molar-refractivity contribution in [1.29, 1.82) is 0 Å². The maximum atomic E-state index is 12.1. The van der Waals surface area contributed by atoms with Crippen molar-refractivity contribution < 1.29 is 14.3 Å². The van der Waals surface area contributed by atoms with Gasteiger partial charge >= 0.3 is 5.97 Å². The molecule has 3 aromatic rings. The van der Waals surface area contributed by atoms with Gasteiger partial charge in [0.15, 0.2) is 5.70 Å². The molecule has 0 fully saturated rings. The van der Waals surface area contributed by atoms with Gasteiger partial charge in [-0.25, -0.2) is 19.5 Å². The van der Waals surface area contributed by atoms with Gasteiger partial charge in [0.2, 0.25) is 5.90 Å². The molecule has 1 aromatic heterocycles. The van der Waals surface area contributed by atoms with Gasteiger partial charge in [0.1, 0.15) is 18.4 Å². The lowest BCUT2D eigenvalue weighted by Gasteiger charge is -2.05. The highest BCUT2D eigenvalue weighted by molar-refractivity contribution is 6.13. The molecule has 26 heavy (non-hydrogen) atoms. The number of aromatic nitrogens is 3. The van der Waals surface area contributed by atoms with Crippen molar-refractivity contribution in [1.82, 2.24) is 14.8 Å². The van der Waals surface area contributed by atoms with Crippen LogP contribution >= 0.6 is 0 Å². The summed E-state index contributed by atoms with van der Waals surface area (Å²) in [5.41, 5.74) is 2.57. The van der Waals surface area contributed by atoms with Crippen LogP contribution < -0.4 is 4.74 Å². The SMILES string of the molecule is COc1ccccc1C1=N/C(=C/c2ccc(-n3cncn3)cc2)C(=O)O1. The van der Waals surface area contributed by atoms with Gasteiger partial charge in [0.25, 0.3) is 0 Å². The number of carbonyl (C=O) groups excluding carboxylic acids is 1. The van der Waals surface area contributed by atoms with Crippen LogP contribution in [-0.2, 0) is 9.53 Å². The Hall–Kier alpha value is -3.74. The number of carbonyl (C=O) groups is 1. The minimum Gasteiger partial charge on any atom is -0.496 e. The lowest BCUT2D eigenvalue weighted by Crippen LogP contribution is -2.06. The van der Waals surface area contributed by atoms with E-state index >= 15 is 0 Å². The minimum absolute atomic E-state index is 0.234. The highest BCUT2D eigenvalue weighted by atomic mass is 16.6. The quantitative estimate of drug-likeness (QED) is 0.536. The standard InChI is InChI=1S/C19H14N4O3/c1-25-17-5-3-2-4-15(17)18-22-16(19(24)26-18)10-13-6-8-14(9-7-13)23-12-20-11-21-23/h2-12H,1H3/b16-10+. The van der Waals surface area contributed by atoms with Crippen LogP contribution in [0.5, 0.6) is 5.75 Å². The first kappa shape index (κ1) is 15.8. The number of hydrogen-bond donors (Lipinski definition) is 0. The molecule has 0 radical (unpaired) electrons. The van der Waals surface area contributed by atoms with E-state index in [9.17, 15) is 4.79 Å². The van der Waals surface area contributed by atoms with E-state index in [2.05, 4.69) is 15.1 Å². The lowest BCUT2D eigenvalue weighted by atomic mass is 10.2. The van der Waals surface area contributed by atoms with Crippen molar-refractivity contribution in [3.8, 4) is 11.4 Å². The van der Waals surface area contributed by atoms with Crippen molar-refractivity contribution in [3.05, 3.63) is 78.0 Å². The fraction of sp³-hybridized carbons (Fsp3) is 0.0526. The van der Waals surface area contributed by atoms with Crippen LogP contribution in [0.2, 0.25) is 0 Å². The van der Waals surface area contributed by atoms with Crippen molar-refractivity contribution in [3.63, 3.8) is 0 Å². The van der Waals surface area contributed by atoms with Gasteiger partial charge < -0.3 is 9.47 Å². The van der Waals surface area contributed by atoms with Crippen molar-refractivity contribution >= 4 is 17.9 Å². The third kappa shape index (κ3) is 2.98. The number of nitrogens with zero attached hydrogens (tertiary/aromatic N) is 4. The Bertz CT molecular complexity index is 1010. The van der Waals surface area contributed by atoms with E-state index in [1.807, 2.05) is 36.4 Å². The molecule has 2 aromatic carbocycles. The zero-order valence-electron chi connectivity index (χ0n) is 13.9. The molecule has 0 atom stereocenters. The molecule has 0 spiro atoms. The maximum Gasteiger partial charge on any atom is 0.363 e. The molecular formula is C19H14N4O3. The van der Waals surface area contributed by atoms with E-state index in [0.717, 1.165) is 11.3 Å². The van der Waals surface area contributed by atoms with Gasteiger partial charge in [0, 0.05) is 0 Å². The molecule has 0 saturated carbocycles. The second-order valence-electron chi connectivity index (χ2n) is 5.47. The summed E-state index contributed by atoms with van der Waals surface area (Å²) in [6, 6.07) is 14.8. The number of esters is 1. The number of benzene rings is 2. The Morgan fingerprint density at radius 1 is 1.12 bits per heavy atom. The predicted octanol–water partition coefficient (Wildman–Crippen LogP) is 2.62. The fourth-order valence-corrected chi connectivity index (χ4v) is 2.57. The third-order valence-corrected chi connectivity index (χ3v) is 3.84. The van der Waals surface area contributed by atoms with Gasteiger partial charge in [0.05, 0.1) is 18.4 Å². The van der Waals surface area contributed by atoms with E-state index < -0.39 is 5.97 Å². The molecule has 7 heteroatoms. The molecule has 1 aliphatic rings. The van der Waals surface area contributed by atoms with Crippen LogP contribution in [-0.4, -0.2) is 33.7 Å². The molecule has 128 valence electrons. The number of methoxy groups -OCH3 is 1. The smallest absolute Gasteiger partial charge is 0.363 e. The summed E-state index contributed by atoms with van der Waals surface area (Å²) < 4.78 is 12.2. The second-order valence-corrected chi connectivity index (χ2v) is 5.47. The Morgan fingerprint density at radius 3 is 2.65 bits per heavy atom. The maximum absolute atomic E-state index is 12.1. The first-order chi connectivity index (χ1) is 12.7. The molecule has 0 amide bonds. The van der Waals surface area contributed by atoms with E-state index in [1.165, 1.54) is 6.33 Å². The number of para-hydroxylation sites is 1. The zero-order valence-corrected chi connectivity index (χ0v) is 13.9. The average molecular weight is 346 g/mol. The zero-order chi connectivity index (χ0) is 17.9. The Kier molecular flexibility index (Phi) is 4.03. The monoisotopic (exact) mass is 346 g/mol. The van der Waals surface area contributed by atoms with Crippen LogP contribution in [0.25, 0.3) is 11.8 Å². The summed E-state index contributed by atoms with van der Waals surface area (Å²) in [6.07, 6.45) is 4.76. The average Bonchev–Trinajstić information content (AvgIpc) is 3.33. The van der Waals surface area contributed by atoms with Crippen LogP contribution in [0.1, 0.15) is 11.1 Å². The summed E-state index contributed by atoms with van der Waals surface area (Å²) in [5.74, 6) is 0.335. The summed E-state index contributed by atoms with van der Waals surface area (Å²) in [5, 5.41) is 4.07. The summed E-state index contributed by atoms with van der Waals surface area (Å²) in [6.45, 7) is 0. The van der Waals surface area contributed by atoms with E-state index in [4.69, 9.17) is 9.47 Å². The molecule has 2 heterocycles. The summed E-state index contributed by atoms with van der Waals surface area (Å²) in [7, 11) is 1.56. The van der Waals surface area contributed by atoms with Crippen molar-refractivity contribution in [2.45, 2.75) is 0 Å². The summed E-state index contributed by atoms with van der Waals surface area (Å²) in [4.78, 5) is 20.4. The molecular weight excluding hydrogens is 332 g/mol. The topological polar surface area (TPSA) is 78.6 Å². The van der Waals surface area contributed by atoms with Gasteiger partial charge in [-0.05, 0) is 35.9 Å². The first-order valence-corrected chi connectivity index (χ1v) is 7.85. The normalized spacial score (nSPS) is 15.0.